The third kappa shape index (κ3) is 4.53. The van der Waals surface area contributed by atoms with Crippen molar-refractivity contribution in [2.75, 3.05) is 25.5 Å². The van der Waals surface area contributed by atoms with E-state index in [4.69, 9.17) is 10.5 Å². The van der Waals surface area contributed by atoms with Crippen LogP contribution in [0.2, 0.25) is 0 Å². The van der Waals surface area contributed by atoms with Gasteiger partial charge in [-0.1, -0.05) is 12.1 Å². The van der Waals surface area contributed by atoms with E-state index in [-0.39, 0.29) is 24.9 Å². The molecule has 9 heteroatoms. The van der Waals surface area contributed by atoms with Crippen molar-refractivity contribution in [1.29, 1.82) is 0 Å². The van der Waals surface area contributed by atoms with Gasteiger partial charge < -0.3 is 10.5 Å². The Morgan fingerprint density at radius 3 is 2.71 bits per heavy atom. The Kier molecular flexibility index (Phi) is 6.38. The van der Waals surface area contributed by atoms with Crippen molar-refractivity contribution in [2.45, 2.75) is 50.7 Å². The largest absolute Gasteiger partial charge is 0.381 e. The zero-order chi connectivity index (χ0) is 20.4. The number of amides is 1. The molecule has 0 aromatic heterocycles. The molecule has 2 aliphatic heterocycles. The first-order valence-electron chi connectivity index (χ1n) is 9.63. The van der Waals surface area contributed by atoms with E-state index in [2.05, 4.69) is 5.32 Å². The molecule has 0 radical (unpaired) electrons. The van der Waals surface area contributed by atoms with Crippen molar-refractivity contribution in [1.82, 2.24) is 9.62 Å². The van der Waals surface area contributed by atoms with E-state index in [0.29, 0.717) is 43.6 Å². The Labute approximate surface area is 165 Å². The minimum absolute atomic E-state index is 0.00704. The molecule has 156 valence electrons. The molecular weight excluding hydrogens is 385 g/mol. The van der Waals surface area contributed by atoms with Crippen LogP contribution >= 0.6 is 0 Å². The molecule has 3 N–H and O–H groups in total. The Hall–Kier alpha value is -1.55. The second-order valence-corrected chi connectivity index (χ2v) is 9.71. The molecule has 1 amide bonds. The number of ether oxygens (including phenoxy) is 1. The molecule has 0 spiro atoms. The summed E-state index contributed by atoms with van der Waals surface area (Å²) < 4.78 is 46.5. The zero-order valence-electron chi connectivity index (χ0n) is 16.1. The van der Waals surface area contributed by atoms with Gasteiger partial charge in [-0.05, 0) is 44.2 Å². The molecule has 1 aromatic carbocycles. The summed E-state index contributed by atoms with van der Waals surface area (Å²) in [5, 5.41) is 3.17. The number of benzene rings is 1. The van der Waals surface area contributed by atoms with E-state index in [0.717, 1.165) is 6.42 Å². The smallest absolute Gasteiger partial charge is 0.231 e. The van der Waals surface area contributed by atoms with Crippen LogP contribution in [0.25, 0.3) is 0 Å². The fourth-order valence-electron chi connectivity index (χ4n) is 4.04. The number of primary amides is 1. The van der Waals surface area contributed by atoms with Gasteiger partial charge in [0, 0.05) is 36.9 Å². The number of hydrogen-bond acceptors (Lipinski definition) is 5. The monoisotopic (exact) mass is 413 g/mol. The first-order valence-corrected chi connectivity index (χ1v) is 11.2. The van der Waals surface area contributed by atoms with Crippen LogP contribution in [0.3, 0.4) is 0 Å². The molecule has 0 aliphatic carbocycles. The van der Waals surface area contributed by atoms with E-state index >= 15 is 0 Å². The highest BCUT2D eigenvalue weighted by molar-refractivity contribution is 7.89. The predicted octanol–water partition coefficient (Wildman–Crippen LogP) is 1.22. The molecule has 0 bridgehead atoms. The summed E-state index contributed by atoms with van der Waals surface area (Å²) in [5.74, 6) is -0.818. The molecule has 0 unspecified atom stereocenters. The number of halogens is 1. The normalized spacial score (nSPS) is 24.7. The summed E-state index contributed by atoms with van der Waals surface area (Å²) >= 11 is 0. The van der Waals surface area contributed by atoms with Gasteiger partial charge in [-0.25, -0.2) is 12.8 Å². The van der Waals surface area contributed by atoms with Gasteiger partial charge in [0.25, 0.3) is 0 Å². The summed E-state index contributed by atoms with van der Waals surface area (Å²) in [6, 6.07) is 4.75. The van der Waals surface area contributed by atoms with Crippen molar-refractivity contribution < 1.29 is 22.3 Å². The van der Waals surface area contributed by atoms with Crippen LogP contribution in [-0.4, -0.2) is 50.2 Å². The lowest BCUT2D eigenvalue weighted by Crippen LogP contribution is -2.49. The van der Waals surface area contributed by atoms with Crippen molar-refractivity contribution >= 4 is 15.9 Å². The molecule has 2 fully saturated rings. The molecule has 2 aliphatic rings. The molecular formula is C19H28FN3O4S. The molecule has 1 aromatic rings. The minimum Gasteiger partial charge on any atom is -0.381 e. The highest BCUT2D eigenvalue weighted by atomic mass is 32.2. The van der Waals surface area contributed by atoms with E-state index in [9.17, 15) is 17.6 Å². The fraction of sp³-hybridized carbons (Fsp3) is 0.632. The SMILES string of the molecule is C[C@H]1CCCS(=O)(=O)N1Cc1ccc(C2(NCC(N)=O)CCOCC2)cc1F. The van der Waals surface area contributed by atoms with E-state index in [1.165, 1.54) is 10.4 Å². The van der Waals surface area contributed by atoms with Gasteiger partial charge in [0.1, 0.15) is 5.82 Å². The van der Waals surface area contributed by atoms with Crippen LogP contribution in [0.5, 0.6) is 0 Å². The number of rotatable bonds is 6. The second kappa shape index (κ2) is 8.44. The van der Waals surface area contributed by atoms with Crippen molar-refractivity contribution in [3.05, 3.63) is 35.1 Å². The number of carbonyl (C=O) groups is 1. The summed E-state index contributed by atoms with van der Waals surface area (Å²) in [5.41, 5.74) is 5.75. The molecule has 28 heavy (non-hydrogen) atoms. The quantitative estimate of drug-likeness (QED) is 0.730. The van der Waals surface area contributed by atoms with Crippen LogP contribution in [-0.2, 0) is 31.6 Å². The summed E-state index contributed by atoms with van der Waals surface area (Å²) in [6.45, 7) is 2.87. The standard InChI is InChI=1S/C19H28FN3O4S/c1-14-3-2-10-28(25,26)23(14)13-15-4-5-16(11-17(15)20)19(22-12-18(21)24)6-8-27-9-7-19/h4-5,11,14,22H,2-3,6-10,12-13H2,1H3,(H2,21,24)/t14-/m0/s1. The lowest BCUT2D eigenvalue weighted by molar-refractivity contribution is -0.117. The molecule has 2 heterocycles. The fourth-order valence-corrected chi connectivity index (χ4v) is 5.79. The maximum atomic E-state index is 14.9. The van der Waals surface area contributed by atoms with Gasteiger partial charge in [0.05, 0.1) is 12.3 Å². The number of nitrogens with one attached hydrogen (secondary N) is 1. The third-order valence-electron chi connectivity index (χ3n) is 5.75. The molecule has 3 rings (SSSR count). The lowest BCUT2D eigenvalue weighted by Gasteiger charge is -2.39. The average molecular weight is 414 g/mol. The van der Waals surface area contributed by atoms with Crippen LogP contribution in [0.15, 0.2) is 18.2 Å². The summed E-state index contributed by atoms with van der Waals surface area (Å²) in [7, 11) is -3.36. The number of hydrogen-bond donors (Lipinski definition) is 2. The molecule has 7 nitrogen and oxygen atoms in total. The van der Waals surface area contributed by atoms with E-state index < -0.39 is 27.3 Å². The Balaban J connectivity index is 1.85. The van der Waals surface area contributed by atoms with Crippen LogP contribution in [0, 0.1) is 5.82 Å². The third-order valence-corrected chi connectivity index (χ3v) is 7.76. The first kappa shape index (κ1) is 21.2. The van der Waals surface area contributed by atoms with Gasteiger partial charge in [0.2, 0.25) is 15.9 Å². The zero-order valence-corrected chi connectivity index (χ0v) is 16.9. The van der Waals surface area contributed by atoms with Gasteiger partial charge in [0.15, 0.2) is 0 Å². The van der Waals surface area contributed by atoms with Gasteiger partial charge in [-0.2, -0.15) is 4.31 Å². The van der Waals surface area contributed by atoms with E-state index in [1.54, 1.807) is 12.1 Å². The number of nitrogens with two attached hydrogens (primary N) is 1. The van der Waals surface area contributed by atoms with Crippen molar-refractivity contribution in [2.24, 2.45) is 5.73 Å². The number of sulfonamides is 1. The molecule has 0 saturated carbocycles. The topological polar surface area (TPSA) is 102 Å². The number of carbonyl (C=O) groups excluding carboxylic acids is 1. The predicted molar refractivity (Wildman–Crippen MR) is 103 cm³/mol. The summed E-state index contributed by atoms with van der Waals surface area (Å²) in [4.78, 5) is 11.2. The maximum absolute atomic E-state index is 14.9. The van der Waals surface area contributed by atoms with Gasteiger partial charge in [-0.3, -0.25) is 10.1 Å². The first-order chi connectivity index (χ1) is 13.2. The molecule has 1 atom stereocenters. The Morgan fingerprint density at radius 2 is 2.11 bits per heavy atom. The van der Waals surface area contributed by atoms with Gasteiger partial charge >= 0.3 is 0 Å². The lowest BCUT2D eigenvalue weighted by atomic mass is 9.82. The van der Waals surface area contributed by atoms with E-state index in [1.807, 2.05) is 6.92 Å². The van der Waals surface area contributed by atoms with Crippen LogP contribution < -0.4 is 11.1 Å². The minimum atomic E-state index is -3.36. The maximum Gasteiger partial charge on any atom is 0.231 e. The molecule has 2 saturated heterocycles. The Morgan fingerprint density at radius 1 is 1.39 bits per heavy atom. The van der Waals surface area contributed by atoms with Crippen molar-refractivity contribution in [3.8, 4) is 0 Å². The van der Waals surface area contributed by atoms with Crippen LogP contribution in [0.4, 0.5) is 4.39 Å². The van der Waals surface area contributed by atoms with Crippen LogP contribution in [0.1, 0.15) is 43.7 Å². The second-order valence-electron chi connectivity index (χ2n) is 7.67. The highest BCUT2D eigenvalue weighted by Crippen LogP contribution is 2.33. The summed E-state index contributed by atoms with van der Waals surface area (Å²) in [6.07, 6.45) is 2.60. The Bertz CT molecular complexity index is 824. The average Bonchev–Trinajstić information content (AvgIpc) is 2.64. The van der Waals surface area contributed by atoms with Crippen molar-refractivity contribution in [3.63, 3.8) is 0 Å². The highest BCUT2D eigenvalue weighted by Gasteiger charge is 2.36. The van der Waals surface area contributed by atoms with Gasteiger partial charge in [-0.15, -0.1) is 0 Å². The number of nitrogens with zero attached hydrogens (tertiary/aromatic N) is 1.